The Labute approximate surface area is 123 Å². The van der Waals surface area contributed by atoms with Crippen LogP contribution in [0.4, 0.5) is 16.2 Å². The van der Waals surface area contributed by atoms with Gasteiger partial charge in [0.2, 0.25) is 0 Å². The summed E-state index contributed by atoms with van der Waals surface area (Å²) in [5.74, 6) is 0. The minimum atomic E-state index is -0.389. The average molecular weight is 290 g/mol. The van der Waals surface area contributed by atoms with Crippen molar-refractivity contribution in [2.75, 3.05) is 11.5 Å². The van der Waals surface area contributed by atoms with Crippen LogP contribution in [0.1, 0.15) is 13.3 Å². The highest BCUT2D eigenvalue weighted by Crippen LogP contribution is 2.27. The molecule has 0 N–H and O–H groups in total. The van der Waals surface area contributed by atoms with Crippen LogP contribution in [0, 0.1) is 0 Å². The van der Waals surface area contributed by atoms with Gasteiger partial charge in [-0.25, -0.2) is 9.69 Å². The van der Waals surface area contributed by atoms with Gasteiger partial charge in [0.25, 0.3) is 0 Å². The van der Waals surface area contributed by atoms with E-state index in [2.05, 4.69) is 0 Å². The number of rotatable bonds is 4. The highest BCUT2D eigenvalue weighted by Gasteiger charge is 2.18. The normalized spacial score (nSPS) is 10.1. The minimum Gasteiger partial charge on any atom is -0.449 e. The Balaban J connectivity index is 2.34. The molecule has 0 bridgehead atoms. The van der Waals surface area contributed by atoms with E-state index in [1.54, 1.807) is 24.3 Å². The Hall–Kier alpha value is -2.00. The molecule has 0 saturated heterocycles. The number of benzene rings is 2. The number of para-hydroxylation sites is 1. The molecule has 20 heavy (non-hydrogen) atoms. The van der Waals surface area contributed by atoms with Crippen LogP contribution in [0.25, 0.3) is 0 Å². The lowest BCUT2D eigenvalue weighted by Gasteiger charge is -2.22. The molecule has 0 aliphatic rings. The maximum Gasteiger partial charge on any atom is 0.418 e. The second kappa shape index (κ2) is 6.96. The number of ether oxygens (including phenoxy) is 1. The van der Waals surface area contributed by atoms with Crippen molar-refractivity contribution in [2.24, 2.45) is 0 Å². The number of carbonyl (C=O) groups excluding carboxylic acids is 1. The molecule has 0 aromatic heterocycles. The van der Waals surface area contributed by atoms with E-state index in [0.717, 1.165) is 17.8 Å². The lowest BCUT2D eigenvalue weighted by molar-refractivity contribution is 0.156. The summed E-state index contributed by atoms with van der Waals surface area (Å²) < 4.78 is 5.25. The van der Waals surface area contributed by atoms with Crippen LogP contribution in [0.15, 0.2) is 54.6 Å². The van der Waals surface area contributed by atoms with E-state index in [0.29, 0.717) is 11.6 Å². The Kier molecular flexibility index (Phi) is 5.02. The van der Waals surface area contributed by atoms with Crippen LogP contribution in [0.2, 0.25) is 5.02 Å². The van der Waals surface area contributed by atoms with E-state index >= 15 is 0 Å². The van der Waals surface area contributed by atoms with Gasteiger partial charge >= 0.3 is 6.09 Å². The van der Waals surface area contributed by atoms with E-state index in [-0.39, 0.29) is 6.09 Å². The predicted molar refractivity (Wildman–Crippen MR) is 81.7 cm³/mol. The van der Waals surface area contributed by atoms with Crippen LogP contribution in [0.5, 0.6) is 0 Å². The molecule has 2 aromatic rings. The third-order valence-corrected chi connectivity index (χ3v) is 2.96. The number of anilines is 2. The maximum atomic E-state index is 12.3. The Morgan fingerprint density at radius 2 is 1.65 bits per heavy atom. The highest BCUT2D eigenvalue weighted by atomic mass is 35.5. The smallest absolute Gasteiger partial charge is 0.418 e. The van der Waals surface area contributed by atoms with Crippen LogP contribution < -0.4 is 4.90 Å². The number of hydrogen-bond donors (Lipinski definition) is 0. The van der Waals surface area contributed by atoms with E-state index in [1.165, 1.54) is 4.90 Å². The Bertz CT molecular complexity index is 554. The SMILES string of the molecule is CCCOC(=O)N(c1ccccc1)c1ccc(Cl)cc1. The molecule has 0 atom stereocenters. The number of carbonyl (C=O) groups is 1. The van der Waals surface area contributed by atoms with Gasteiger partial charge < -0.3 is 4.74 Å². The van der Waals surface area contributed by atoms with Crippen molar-refractivity contribution < 1.29 is 9.53 Å². The molecule has 2 aromatic carbocycles. The summed E-state index contributed by atoms with van der Waals surface area (Å²) in [4.78, 5) is 13.8. The third-order valence-electron chi connectivity index (χ3n) is 2.71. The second-order valence-corrected chi connectivity index (χ2v) is 4.70. The summed E-state index contributed by atoms with van der Waals surface area (Å²) in [6, 6.07) is 16.5. The molecule has 0 fully saturated rings. The van der Waals surface area contributed by atoms with Gasteiger partial charge in [0, 0.05) is 5.02 Å². The van der Waals surface area contributed by atoms with E-state index in [1.807, 2.05) is 37.3 Å². The summed E-state index contributed by atoms with van der Waals surface area (Å²) in [6.45, 7) is 2.36. The fourth-order valence-electron chi connectivity index (χ4n) is 1.78. The molecular weight excluding hydrogens is 274 g/mol. The van der Waals surface area contributed by atoms with Crippen molar-refractivity contribution in [1.82, 2.24) is 0 Å². The van der Waals surface area contributed by atoms with Gasteiger partial charge in [0.15, 0.2) is 0 Å². The van der Waals surface area contributed by atoms with Crippen LogP contribution in [-0.2, 0) is 4.74 Å². The van der Waals surface area contributed by atoms with Gasteiger partial charge in [0.05, 0.1) is 18.0 Å². The molecule has 104 valence electrons. The zero-order chi connectivity index (χ0) is 14.4. The Morgan fingerprint density at radius 3 is 2.25 bits per heavy atom. The second-order valence-electron chi connectivity index (χ2n) is 4.26. The molecular formula is C16H16ClNO2. The first-order chi connectivity index (χ1) is 9.72. The van der Waals surface area contributed by atoms with Crippen molar-refractivity contribution in [3.8, 4) is 0 Å². The van der Waals surface area contributed by atoms with Gasteiger partial charge in [-0.15, -0.1) is 0 Å². The fourth-order valence-corrected chi connectivity index (χ4v) is 1.91. The predicted octanol–water partition coefficient (Wildman–Crippen LogP) is 5.02. The zero-order valence-electron chi connectivity index (χ0n) is 11.3. The number of amides is 1. The molecule has 0 saturated carbocycles. The van der Waals surface area contributed by atoms with Crippen molar-refractivity contribution in [3.63, 3.8) is 0 Å². The van der Waals surface area contributed by atoms with Crippen molar-refractivity contribution in [1.29, 1.82) is 0 Å². The van der Waals surface area contributed by atoms with Gasteiger partial charge in [-0.05, 0) is 42.8 Å². The first-order valence-electron chi connectivity index (χ1n) is 6.50. The summed E-state index contributed by atoms with van der Waals surface area (Å²) in [6.07, 6.45) is 0.398. The van der Waals surface area contributed by atoms with E-state index < -0.39 is 0 Å². The lowest BCUT2D eigenvalue weighted by atomic mass is 10.2. The molecule has 4 heteroatoms. The van der Waals surface area contributed by atoms with E-state index in [4.69, 9.17) is 16.3 Å². The summed E-state index contributed by atoms with van der Waals surface area (Å²) >= 11 is 5.89. The molecule has 0 unspecified atom stereocenters. The summed E-state index contributed by atoms with van der Waals surface area (Å²) in [5, 5.41) is 0.628. The molecule has 0 aliphatic carbocycles. The van der Waals surface area contributed by atoms with Crippen LogP contribution in [-0.4, -0.2) is 12.7 Å². The monoisotopic (exact) mass is 289 g/mol. The molecule has 0 spiro atoms. The third kappa shape index (κ3) is 3.52. The minimum absolute atomic E-state index is 0.389. The fraction of sp³-hybridized carbons (Fsp3) is 0.188. The average Bonchev–Trinajstić information content (AvgIpc) is 2.48. The molecule has 0 heterocycles. The lowest BCUT2D eigenvalue weighted by Crippen LogP contribution is -2.26. The van der Waals surface area contributed by atoms with Crippen molar-refractivity contribution in [2.45, 2.75) is 13.3 Å². The molecule has 1 amide bonds. The standard InChI is InChI=1S/C16H16ClNO2/c1-2-12-20-16(19)18(14-6-4-3-5-7-14)15-10-8-13(17)9-11-15/h3-11H,2,12H2,1H3. The molecule has 2 rings (SSSR count). The zero-order valence-corrected chi connectivity index (χ0v) is 12.0. The van der Waals surface area contributed by atoms with Gasteiger partial charge in [-0.1, -0.05) is 36.7 Å². The number of hydrogen-bond acceptors (Lipinski definition) is 2. The largest absolute Gasteiger partial charge is 0.449 e. The van der Waals surface area contributed by atoms with Gasteiger partial charge in [-0.2, -0.15) is 0 Å². The first-order valence-corrected chi connectivity index (χ1v) is 6.87. The topological polar surface area (TPSA) is 29.5 Å². The highest BCUT2D eigenvalue weighted by molar-refractivity contribution is 6.30. The molecule has 0 aliphatic heterocycles. The van der Waals surface area contributed by atoms with Gasteiger partial charge in [-0.3, -0.25) is 0 Å². The number of nitrogens with zero attached hydrogens (tertiary/aromatic N) is 1. The number of halogens is 1. The summed E-state index contributed by atoms with van der Waals surface area (Å²) in [5.41, 5.74) is 1.48. The Morgan fingerprint density at radius 1 is 1.05 bits per heavy atom. The van der Waals surface area contributed by atoms with Crippen molar-refractivity contribution >= 4 is 29.1 Å². The quantitative estimate of drug-likeness (QED) is 0.790. The first kappa shape index (κ1) is 14.4. The van der Waals surface area contributed by atoms with Crippen LogP contribution in [0.3, 0.4) is 0 Å². The van der Waals surface area contributed by atoms with Gasteiger partial charge in [0.1, 0.15) is 0 Å². The van der Waals surface area contributed by atoms with Crippen molar-refractivity contribution in [3.05, 3.63) is 59.6 Å². The summed E-state index contributed by atoms with van der Waals surface area (Å²) in [7, 11) is 0. The maximum absolute atomic E-state index is 12.3. The van der Waals surface area contributed by atoms with E-state index in [9.17, 15) is 4.79 Å². The van der Waals surface area contributed by atoms with Crippen LogP contribution >= 0.6 is 11.6 Å². The molecule has 0 radical (unpaired) electrons. The molecule has 3 nitrogen and oxygen atoms in total.